The first kappa shape index (κ1) is 32.5. The fraction of sp³-hybridized carbons (Fsp3) is 0.222. The van der Waals surface area contributed by atoms with Gasteiger partial charge in [0.15, 0.2) is 18.3 Å². The minimum absolute atomic E-state index is 0.235. The van der Waals surface area contributed by atoms with Gasteiger partial charge in [-0.05, 0) is 54.3 Å². The lowest BCUT2D eigenvalue weighted by Gasteiger charge is -2.44. The van der Waals surface area contributed by atoms with Crippen LogP contribution in [-0.2, 0) is 23.7 Å². The molecule has 1 heterocycles. The zero-order valence-corrected chi connectivity index (χ0v) is 25.7. The van der Waals surface area contributed by atoms with Crippen LogP contribution in [-0.4, -0.2) is 66.1 Å². The third-order valence-electron chi connectivity index (χ3n) is 7.07. The second-order valence-corrected chi connectivity index (χ2v) is 11.5. The van der Waals surface area contributed by atoms with Crippen LogP contribution in [0.25, 0.3) is 0 Å². The minimum atomic E-state index is -1.34. The molecule has 5 atom stereocenters. The van der Waals surface area contributed by atoms with Crippen molar-refractivity contribution in [3.05, 3.63) is 144 Å². The number of thioether (sulfide) groups is 1. The highest BCUT2D eigenvalue weighted by atomic mass is 32.2. The van der Waals surface area contributed by atoms with Crippen LogP contribution < -0.4 is 0 Å². The molecule has 9 nitrogen and oxygen atoms in total. The average Bonchev–Trinajstić information content (AvgIpc) is 3.11. The largest absolute Gasteiger partial charge is 0.459 e. The molecular formula is C36H32O9S. The molecule has 0 aliphatic carbocycles. The number of esters is 4. The zero-order chi connectivity index (χ0) is 32.3. The van der Waals surface area contributed by atoms with Crippen LogP contribution >= 0.6 is 11.8 Å². The van der Waals surface area contributed by atoms with Crippen LogP contribution in [0.2, 0.25) is 0 Å². The van der Waals surface area contributed by atoms with Crippen molar-refractivity contribution >= 4 is 35.6 Å². The first-order valence-electron chi connectivity index (χ1n) is 14.7. The van der Waals surface area contributed by atoms with E-state index in [1.54, 1.807) is 121 Å². The second kappa shape index (κ2) is 15.9. The van der Waals surface area contributed by atoms with Crippen molar-refractivity contribution < 1.29 is 42.9 Å². The first-order chi connectivity index (χ1) is 22.4. The lowest BCUT2D eigenvalue weighted by molar-refractivity contribution is -0.207. The molecule has 10 heteroatoms. The molecule has 0 radical (unpaired) electrons. The molecule has 3 unspecified atom stereocenters. The smallest absolute Gasteiger partial charge is 0.338 e. The normalized spacial score (nSPS) is 20.6. The predicted molar refractivity (Wildman–Crippen MR) is 170 cm³/mol. The molecule has 4 aromatic rings. The van der Waals surface area contributed by atoms with Gasteiger partial charge in [-0.2, -0.15) is 0 Å². The summed E-state index contributed by atoms with van der Waals surface area (Å²) in [5.74, 6) is -2.22. The van der Waals surface area contributed by atoms with E-state index in [9.17, 15) is 19.2 Å². The Morgan fingerprint density at radius 1 is 0.543 bits per heavy atom. The lowest BCUT2D eigenvalue weighted by atomic mass is 9.98. The van der Waals surface area contributed by atoms with Gasteiger partial charge in [0.1, 0.15) is 18.1 Å². The highest BCUT2D eigenvalue weighted by molar-refractivity contribution is 7.99. The minimum Gasteiger partial charge on any atom is -0.459 e. The van der Waals surface area contributed by atoms with Crippen molar-refractivity contribution in [2.75, 3.05) is 12.4 Å². The van der Waals surface area contributed by atoms with Crippen molar-refractivity contribution in [3.63, 3.8) is 0 Å². The maximum absolute atomic E-state index is 13.5. The number of rotatable bonds is 11. The topological polar surface area (TPSA) is 114 Å². The number of carbonyl (C=O) groups is 4. The van der Waals surface area contributed by atoms with Crippen LogP contribution in [0.5, 0.6) is 0 Å². The molecule has 0 spiro atoms. The van der Waals surface area contributed by atoms with Gasteiger partial charge in [-0.25, -0.2) is 19.2 Å². The van der Waals surface area contributed by atoms with E-state index < -0.39 is 53.7 Å². The van der Waals surface area contributed by atoms with Crippen molar-refractivity contribution in [1.82, 2.24) is 0 Å². The molecule has 1 aliphatic heterocycles. The molecule has 0 bridgehead atoms. The summed E-state index contributed by atoms with van der Waals surface area (Å²) in [6.07, 6.45) is -4.98. The van der Waals surface area contributed by atoms with Crippen molar-refractivity contribution in [2.45, 2.75) is 36.8 Å². The van der Waals surface area contributed by atoms with Gasteiger partial charge in [-0.3, -0.25) is 0 Å². The molecule has 46 heavy (non-hydrogen) atoms. The first-order valence-corrected chi connectivity index (χ1v) is 15.8. The Hall–Kier alpha value is -4.93. The van der Waals surface area contributed by atoms with E-state index in [0.717, 1.165) is 0 Å². The Bertz CT molecular complexity index is 1600. The van der Waals surface area contributed by atoms with Gasteiger partial charge >= 0.3 is 23.9 Å². The average molecular weight is 641 g/mol. The van der Waals surface area contributed by atoms with Gasteiger partial charge < -0.3 is 23.7 Å². The van der Waals surface area contributed by atoms with E-state index in [2.05, 4.69) is 0 Å². The Morgan fingerprint density at radius 3 is 1.33 bits per heavy atom. The summed E-state index contributed by atoms with van der Waals surface area (Å²) in [6, 6.07) is 33.3. The quantitative estimate of drug-likeness (QED) is 0.143. The lowest BCUT2D eigenvalue weighted by Crippen LogP contribution is -2.61. The summed E-state index contributed by atoms with van der Waals surface area (Å²) in [5.41, 5.74) is 0.184. The number of ether oxygens (including phenoxy) is 5. The molecule has 0 saturated carbocycles. The van der Waals surface area contributed by atoms with Gasteiger partial charge in [-0.1, -0.05) is 79.7 Å². The van der Waals surface area contributed by atoms with Crippen LogP contribution in [0, 0.1) is 0 Å². The predicted octanol–water partition coefficient (Wildman–Crippen LogP) is 6.00. The molecule has 0 N–H and O–H groups in total. The highest BCUT2D eigenvalue weighted by Gasteiger charge is 2.53. The molecule has 0 amide bonds. The summed E-state index contributed by atoms with van der Waals surface area (Å²) in [6.45, 7) is 1.54. The Labute approximate surface area is 270 Å². The van der Waals surface area contributed by atoms with E-state index in [0.29, 0.717) is 11.3 Å². The molecule has 1 aliphatic rings. The standard InChI is InChI=1S/C36H32O9S/c1-2-46-36-31(45-35(40)27-21-13-6-14-22-27)30(44-34(39)26-19-11-5-12-20-26)29(43-33(38)25-17-9-4-10-18-25)28(42-36)23-41-32(37)24-15-7-3-8-16-24/h3-22,28-31,36H,2,23H2,1H3/t28?,29-,30?,31?,36+/m1/s1. The molecule has 1 fully saturated rings. The summed E-state index contributed by atoms with van der Waals surface area (Å²) < 4.78 is 30.0. The van der Waals surface area contributed by atoms with Gasteiger partial charge in [0.2, 0.25) is 0 Å². The maximum Gasteiger partial charge on any atom is 0.338 e. The fourth-order valence-corrected chi connectivity index (χ4v) is 5.78. The molecule has 5 rings (SSSR count). The number of carbonyl (C=O) groups excluding carboxylic acids is 4. The monoisotopic (exact) mass is 640 g/mol. The third kappa shape index (κ3) is 8.21. The van der Waals surface area contributed by atoms with Gasteiger partial charge in [0.05, 0.1) is 22.3 Å². The fourth-order valence-electron chi connectivity index (χ4n) is 4.83. The van der Waals surface area contributed by atoms with Crippen LogP contribution in [0.15, 0.2) is 121 Å². The summed E-state index contributed by atoms with van der Waals surface area (Å²) >= 11 is 1.30. The molecular weight excluding hydrogens is 608 g/mol. The van der Waals surface area contributed by atoms with E-state index in [4.69, 9.17) is 23.7 Å². The maximum atomic E-state index is 13.5. The van der Waals surface area contributed by atoms with Crippen LogP contribution in [0.1, 0.15) is 48.4 Å². The van der Waals surface area contributed by atoms with Crippen LogP contribution in [0.3, 0.4) is 0 Å². The van der Waals surface area contributed by atoms with Crippen LogP contribution in [0.4, 0.5) is 0 Å². The zero-order valence-electron chi connectivity index (χ0n) is 24.9. The van der Waals surface area contributed by atoms with Gasteiger partial charge in [0.25, 0.3) is 0 Å². The molecule has 0 aromatic heterocycles. The van der Waals surface area contributed by atoms with Crippen molar-refractivity contribution in [1.29, 1.82) is 0 Å². The highest BCUT2D eigenvalue weighted by Crippen LogP contribution is 2.35. The number of hydrogen-bond acceptors (Lipinski definition) is 10. The van der Waals surface area contributed by atoms with Crippen molar-refractivity contribution in [3.8, 4) is 0 Å². The summed E-state index contributed by atoms with van der Waals surface area (Å²) in [7, 11) is 0. The SMILES string of the molecule is CCS[C@@H]1OC(COC(=O)c2ccccc2)[C@@H](OC(=O)c2ccccc2)C(OC(=O)c2ccccc2)C1OC(=O)c1ccccc1. The summed E-state index contributed by atoms with van der Waals surface area (Å²) in [4.78, 5) is 53.2. The van der Waals surface area contributed by atoms with Gasteiger partial charge in [-0.15, -0.1) is 11.8 Å². The van der Waals surface area contributed by atoms with E-state index in [1.165, 1.54) is 11.8 Å². The van der Waals surface area contributed by atoms with E-state index in [-0.39, 0.29) is 23.3 Å². The van der Waals surface area contributed by atoms with E-state index >= 15 is 0 Å². The second-order valence-electron chi connectivity index (χ2n) is 10.2. The summed E-state index contributed by atoms with van der Waals surface area (Å²) in [5, 5.41) is 0. The molecule has 236 valence electrons. The Balaban J connectivity index is 1.52. The van der Waals surface area contributed by atoms with E-state index in [1.807, 2.05) is 6.92 Å². The third-order valence-corrected chi connectivity index (χ3v) is 8.11. The number of benzene rings is 4. The molecule has 1 saturated heterocycles. The number of hydrogen-bond donors (Lipinski definition) is 0. The molecule has 4 aromatic carbocycles. The van der Waals surface area contributed by atoms with Gasteiger partial charge in [0, 0.05) is 0 Å². The Kier molecular flexibility index (Phi) is 11.2. The Morgan fingerprint density at radius 2 is 0.913 bits per heavy atom. The van der Waals surface area contributed by atoms with Crippen molar-refractivity contribution in [2.24, 2.45) is 0 Å².